The Morgan fingerprint density at radius 2 is 1.07 bits per heavy atom. The summed E-state index contributed by atoms with van der Waals surface area (Å²) in [6.07, 6.45) is 6.90. The van der Waals surface area contributed by atoms with E-state index in [0.29, 0.717) is 0 Å². The van der Waals surface area contributed by atoms with Crippen LogP contribution in [0.25, 0.3) is 28.0 Å². The Balaban J connectivity index is 0.000000236. The highest BCUT2D eigenvalue weighted by Gasteiger charge is 2.13. The second-order valence-corrected chi connectivity index (χ2v) is 10.8. The number of aryl methyl sites for hydroxylation is 3. The van der Waals surface area contributed by atoms with Crippen LogP contribution in [-0.4, -0.2) is 0 Å². The number of fused-ring (bicyclic) bond motifs is 2. The topological polar surface area (TPSA) is 3.24 Å². The number of benzene rings is 6. The molecule has 6 aromatic rings. The first-order chi connectivity index (χ1) is 21.1. The van der Waals surface area contributed by atoms with Crippen molar-refractivity contribution in [3.8, 4) is 11.1 Å². The van der Waals surface area contributed by atoms with Crippen molar-refractivity contribution in [2.24, 2.45) is 0 Å². The van der Waals surface area contributed by atoms with Crippen LogP contribution in [0, 0.1) is 13.8 Å². The number of anilines is 3. The molecule has 0 aromatic heterocycles. The van der Waals surface area contributed by atoms with Gasteiger partial charge in [-0.2, -0.15) is 0 Å². The van der Waals surface area contributed by atoms with Crippen LogP contribution in [0.2, 0.25) is 0 Å². The summed E-state index contributed by atoms with van der Waals surface area (Å²) >= 11 is 0. The lowest BCUT2D eigenvalue weighted by Crippen LogP contribution is -2.09. The Morgan fingerprint density at radius 3 is 1.79 bits per heavy atom. The molecule has 0 atom stereocenters. The van der Waals surface area contributed by atoms with E-state index >= 15 is 0 Å². The molecule has 1 aliphatic carbocycles. The molecule has 0 radical (unpaired) electrons. The zero-order chi connectivity index (χ0) is 30.0. The van der Waals surface area contributed by atoms with E-state index in [1.807, 2.05) is 13.8 Å². The fourth-order valence-corrected chi connectivity index (χ4v) is 5.44. The molecule has 1 nitrogen and oxygen atoms in total. The number of rotatable bonds is 4. The summed E-state index contributed by atoms with van der Waals surface area (Å²) in [4.78, 5) is 2.31. The Bertz CT molecular complexity index is 1780. The molecule has 7 rings (SSSR count). The maximum absolute atomic E-state index is 2.31. The van der Waals surface area contributed by atoms with Crippen LogP contribution in [-0.2, 0) is 6.42 Å². The number of nitrogens with zero attached hydrogens (tertiary/aromatic N) is 1. The summed E-state index contributed by atoms with van der Waals surface area (Å²) in [6, 6.07) is 49.9. The summed E-state index contributed by atoms with van der Waals surface area (Å²) in [6.45, 7) is 8.26. The first-order valence-corrected chi connectivity index (χ1v) is 15.4. The van der Waals surface area contributed by atoms with E-state index in [1.54, 1.807) is 0 Å². The zero-order valence-corrected chi connectivity index (χ0v) is 25.8. The Kier molecular flexibility index (Phi) is 9.87. The summed E-state index contributed by atoms with van der Waals surface area (Å²) in [5.74, 6) is 0. The number of para-hydroxylation sites is 1. The van der Waals surface area contributed by atoms with E-state index in [2.05, 4.69) is 170 Å². The third-order valence-corrected chi connectivity index (χ3v) is 7.70. The third-order valence-electron chi connectivity index (χ3n) is 7.70. The average molecular weight is 560 g/mol. The largest absolute Gasteiger partial charge is 0.310 e. The van der Waals surface area contributed by atoms with Crippen LogP contribution >= 0.6 is 0 Å². The Labute approximate surface area is 257 Å². The highest BCUT2D eigenvalue weighted by atomic mass is 15.1. The van der Waals surface area contributed by atoms with Gasteiger partial charge in [0.05, 0.1) is 0 Å². The molecule has 43 heavy (non-hydrogen) atoms. The van der Waals surface area contributed by atoms with Crippen molar-refractivity contribution in [1.29, 1.82) is 0 Å². The lowest BCUT2D eigenvalue weighted by atomic mass is 9.96. The van der Waals surface area contributed by atoms with Gasteiger partial charge in [0, 0.05) is 17.1 Å². The molecule has 0 unspecified atom stereocenters. The molecule has 0 saturated heterocycles. The van der Waals surface area contributed by atoms with Crippen molar-refractivity contribution in [3.05, 3.63) is 168 Å². The van der Waals surface area contributed by atoms with Crippen molar-refractivity contribution in [3.63, 3.8) is 0 Å². The predicted molar refractivity (Wildman–Crippen MR) is 189 cm³/mol. The van der Waals surface area contributed by atoms with Gasteiger partial charge in [0.15, 0.2) is 0 Å². The van der Waals surface area contributed by atoms with E-state index in [1.165, 1.54) is 57.0 Å². The van der Waals surface area contributed by atoms with Gasteiger partial charge in [-0.15, -0.1) is 0 Å². The van der Waals surface area contributed by atoms with Crippen molar-refractivity contribution in [2.75, 3.05) is 4.90 Å². The molecular formula is C42H41N. The van der Waals surface area contributed by atoms with Gasteiger partial charge in [-0.1, -0.05) is 140 Å². The minimum atomic E-state index is 1.15. The molecule has 0 bridgehead atoms. The van der Waals surface area contributed by atoms with E-state index < -0.39 is 0 Å². The molecule has 0 amide bonds. The SMILES string of the molecule is CC.Cc1ccc(-c2ccc(N(c3ccccc3)c3ccc4ccccc4c3)cc2)cc1.Cc1ccc2c(c1)C=CCC2. The molecule has 0 heterocycles. The molecule has 0 aliphatic heterocycles. The van der Waals surface area contributed by atoms with Crippen LogP contribution in [0.5, 0.6) is 0 Å². The van der Waals surface area contributed by atoms with Gasteiger partial charge >= 0.3 is 0 Å². The molecule has 0 saturated carbocycles. The van der Waals surface area contributed by atoms with Gasteiger partial charge in [-0.3, -0.25) is 0 Å². The number of hydrogen-bond acceptors (Lipinski definition) is 1. The van der Waals surface area contributed by atoms with E-state index in [4.69, 9.17) is 0 Å². The van der Waals surface area contributed by atoms with Gasteiger partial charge in [0.1, 0.15) is 0 Å². The fraction of sp³-hybridized carbons (Fsp3) is 0.143. The zero-order valence-electron chi connectivity index (χ0n) is 25.8. The second kappa shape index (κ2) is 14.3. The molecule has 1 aliphatic rings. The lowest BCUT2D eigenvalue weighted by Gasteiger charge is -2.26. The highest BCUT2D eigenvalue weighted by Crippen LogP contribution is 2.36. The van der Waals surface area contributed by atoms with Crippen LogP contribution in [0.3, 0.4) is 0 Å². The highest BCUT2D eigenvalue weighted by molar-refractivity contribution is 5.89. The molecule has 1 heteroatoms. The molecule has 214 valence electrons. The Hall–Kier alpha value is -4.88. The normalized spacial score (nSPS) is 11.4. The van der Waals surface area contributed by atoms with Gasteiger partial charge in [-0.25, -0.2) is 0 Å². The maximum Gasteiger partial charge on any atom is 0.0468 e. The van der Waals surface area contributed by atoms with E-state index in [0.717, 1.165) is 17.1 Å². The first-order valence-electron chi connectivity index (χ1n) is 15.4. The van der Waals surface area contributed by atoms with Crippen LogP contribution in [0.15, 0.2) is 146 Å². The van der Waals surface area contributed by atoms with Gasteiger partial charge in [-0.05, 0) is 96.1 Å². The first kappa shape index (κ1) is 29.6. The van der Waals surface area contributed by atoms with Crippen molar-refractivity contribution in [1.82, 2.24) is 0 Å². The minimum absolute atomic E-state index is 1.15. The molecule has 0 spiro atoms. The number of hydrogen-bond donors (Lipinski definition) is 0. The van der Waals surface area contributed by atoms with Crippen LogP contribution in [0.4, 0.5) is 17.1 Å². The molecule has 0 fully saturated rings. The minimum Gasteiger partial charge on any atom is -0.310 e. The fourth-order valence-electron chi connectivity index (χ4n) is 5.44. The maximum atomic E-state index is 2.31. The summed E-state index contributed by atoms with van der Waals surface area (Å²) in [5.41, 5.74) is 11.5. The molecule has 6 aromatic carbocycles. The third kappa shape index (κ3) is 7.31. The van der Waals surface area contributed by atoms with Crippen LogP contribution < -0.4 is 4.90 Å². The Morgan fingerprint density at radius 1 is 0.488 bits per heavy atom. The summed E-state index contributed by atoms with van der Waals surface area (Å²) < 4.78 is 0. The quantitative estimate of drug-likeness (QED) is 0.208. The van der Waals surface area contributed by atoms with Crippen molar-refractivity contribution in [2.45, 2.75) is 40.5 Å². The van der Waals surface area contributed by atoms with Crippen molar-refractivity contribution >= 4 is 33.9 Å². The van der Waals surface area contributed by atoms with E-state index in [9.17, 15) is 0 Å². The summed E-state index contributed by atoms with van der Waals surface area (Å²) in [5, 5.41) is 2.50. The van der Waals surface area contributed by atoms with Crippen molar-refractivity contribution < 1.29 is 0 Å². The second-order valence-electron chi connectivity index (χ2n) is 10.8. The standard InChI is InChI=1S/C29H23N.C11H12.C2H6/c1-22-11-13-24(14-12-22)25-15-18-28(19-16-25)30(27-9-3-2-4-10-27)29-20-17-23-7-5-6-8-26(23)21-29;1-9-6-7-10-4-2-3-5-11(10)8-9;1-2/h2-21H,1H3;3,5-8H,2,4H2,1H3;1-2H3. The smallest absolute Gasteiger partial charge is 0.0468 e. The average Bonchev–Trinajstić information content (AvgIpc) is 3.07. The van der Waals surface area contributed by atoms with Gasteiger partial charge in [0.2, 0.25) is 0 Å². The van der Waals surface area contributed by atoms with Crippen LogP contribution in [0.1, 0.15) is 42.5 Å². The lowest BCUT2D eigenvalue weighted by molar-refractivity contribution is 0.984. The van der Waals surface area contributed by atoms with Gasteiger partial charge in [0.25, 0.3) is 0 Å². The number of allylic oxidation sites excluding steroid dienone is 1. The molecular weight excluding hydrogens is 518 g/mol. The van der Waals surface area contributed by atoms with E-state index in [-0.39, 0.29) is 0 Å². The summed E-state index contributed by atoms with van der Waals surface area (Å²) in [7, 11) is 0. The monoisotopic (exact) mass is 559 g/mol. The predicted octanol–water partition coefficient (Wildman–Crippen LogP) is 12.3. The molecule has 0 N–H and O–H groups in total. The van der Waals surface area contributed by atoms with Gasteiger partial charge < -0.3 is 4.90 Å².